The third-order valence-electron chi connectivity index (χ3n) is 3.62. The van der Waals surface area contributed by atoms with Gasteiger partial charge in [-0.05, 0) is 35.8 Å². The molecule has 130 valence electrons. The minimum absolute atomic E-state index is 0.334. The molecule has 0 N–H and O–H groups in total. The van der Waals surface area contributed by atoms with E-state index >= 15 is 0 Å². The Balaban J connectivity index is 1.83. The van der Waals surface area contributed by atoms with Gasteiger partial charge in [0.25, 0.3) is 10.7 Å². The summed E-state index contributed by atoms with van der Waals surface area (Å²) in [4.78, 5) is 3.81. The van der Waals surface area contributed by atoms with Crippen LogP contribution in [0.1, 0.15) is 4.88 Å². The van der Waals surface area contributed by atoms with E-state index in [0.29, 0.717) is 23.1 Å². The smallest absolute Gasteiger partial charge is 0.288 e. The molecule has 3 aromatic rings. The summed E-state index contributed by atoms with van der Waals surface area (Å²) < 4.78 is 12.8. The molecule has 0 spiro atoms. The van der Waals surface area contributed by atoms with Crippen molar-refractivity contribution in [2.24, 2.45) is 0 Å². The number of thiophene rings is 1. The van der Waals surface area contributed by atoms with Crippen LogP contribution < -0.4 is 4.74 Å². The van der Waals surface area contributed by atoms with Gasteiger partial charge in [0.2, 0.25) is 0 Å². The van der Waals surface area contributed by atoms with Crippen molar-refractivity contribution in [1.29, 1.82) is 0 Å². The Bertz CT molecular complexity index is 884. The van der Waals surface area contributed by atoms with Gasteiger partial charge in [-0.25, -0.2) is 4.68 Å². The fraction of sp³-hybridized carbons (Fsp3) is 0.222. The van der Waals surface area contributed by atoms with Crippen molar-refractivity contribution in [2.75, 3.05) is 13.7 Å². The maximum absolute atomic E-state index is 5.69. The number of nitrogens with zero attached hydrogens (tertiary/aromatic N) is 3. The van der Waals surface area contributed by atoms with Gasteiger partial charge in [0, 0.05) is 18.0 Å². The Morgan fingerprint density at radius 1 is 1.36 bits per heavy atom. The first kappa shape index (κ1) is 17.6. The molecule has 0 saturated heterocycles. The van der Waals surface area contributed by atoms with E-state index < -0.39 is 0 Å². The molecule has 0 atom stereocenters. The minimum Gasteiger partial charge on any atom is -0.496 e. The highest BCUT2D eigenvalue weighted by molar-refractivity contribution is 7.71. The van der Waals surface area contributed by atoms with E-state index in [2.05, 4.69) is 28.0 Å². The molecule has 0 saturated carbocycles. The number of hydrogen-bond acceptors (Lipinski definition) is 6. The van der Waals surface area contributed by atoms with Crippen LogP contribution in [0.25, 0.3) is 11.5 Å². The SMILES string of the molecule is C=CCN(Cc1cccs1)Cn1nc(-c2ccccc2OC)oc1=S. The molecule has 0 unspecified atom stereocenters. The summed E-state index contributed by atoms with van der Waals surface area (Å²) in [6.07, 6.45) is 1.87. The molecule has 3 rings (SSSR count). The predicted octanol–water partition coefficient (Wildman–Crippen LogP) is 4.59. The van der Waals surface area contributed by atoms with Crippen LogP contribution in [-0.2, 0) is 13.2 Å². The first-order valence-electron chi connectivity index (χ1n) is 7.78. The van der Waals surface area contributed by atoms with E-state index in [0.717, 1.165) is 18.7 Å². The molecular weight excluding hydrogens is 354 g/mol. The second kappa shape index (κ2) is 8.24. The molecule has 0 aliphatic heterocycles. The van der Waals surface area contributed by atoms with Gasteiger partial charge in [-0.15, -0.1) is 23.0 Å². The summed E-state index contributed by atoms with van der Waals surface area (Å²) in [5, 5.41) is 6.61. The number of ether oxygens (including phenoxy) is 1. The maximum Gasteiger partial charge on any atom is 0.288 e. The van der Waals surface area contributed by atoms with E-state index in [4.69, 9.17) is 21.4 Å². The lowest BCUT2D eigenvalue weighted by molar-refractivity contribution is 0.217. The normalized spacial score (nSPS) is 11.0. The van der Waals surface area contributed by atoms with Crippen LogP contribution in [0.3, 0.4) is 0 Å². The topological polar surface area (TPSA) is 43.4 Å². The molecular formula is C18H19N3O2S2. The van der Waals surface area contributed by atoms with Crippen molar-refractivity contribution >= 4 is 23.6 Å². The number of aromatic nitrogens is 2. The molecule has 0 fully saturated rings. The second-order valence-corrected chi connectivity index (χ2v) is 6.78. The van der Waals surface area contributed by atoms with Crippen LogP contribution in [0.5, 0.6) is 5.75 Å². The zero-order chi connectivity index (χ0) is 17.6. The average molecular weight is 374 g/mol. The van der Waals surface area contributed by atoms with Gasteiger partial charge in [-0.1, -0.05) is 24.3 Å². The maximum atomic E-state index is 5.69. The average Bonchev–Trinajstić information content (AvgIpc) is 3.25. The monoisotopic (exact) mass is 373 g/mol. The summed E-state index contributed by atoms with van der Waals surface area (Å²) >= 11 is 7.07. The van der Waals surface area contributed by atoms with E-state index in [1.54, 1.807) is 23.1 Å². The first-order valence-corrected chi connectivity index (χ1v) is 9.07. The zero-order valence-corrected chi connectivity index (χ0v) is 15.6. The Morgan fingerprint density at radius 2 is 2.20 bits per heavy atom. The predicted molar refractivity (Wildman–Crippen MR) is 102 cm³/mol. The van der Waals surface area contributed by atoms with Gasteiger partial charge < -0.3 is 9.15 Å². The highest BCUT2D eigenvalue weighted by Gasteiger charge is 2.15. The molecule has 1 aromatic carbocycles. The van der Waals surface area contributed by atoms with Gasteiger partial charge in [-0.3, -0.25) is 4.90 Å². The van der Waals surface area contributed by atoms with Gasteiger partial charge in [0.15, 0.2) is 0 Å². The number of benzene rings is 1. The van der Waals surface area contributed by atoms with E-state index in [1.165, 1.54) is 4.88 Å². The molecule has 2 heterocycles. The summed E-state index contributed by atoms with van der Waals surface area (Å²) in [6.45, 7) is 5.91. The van der Waals surface area contributed by atoms with Gasteiger partial charge in [0.1, 0.15) is 5.75 Å². The molecule has 0 bridgehead atoms. The Labute approximate surface area is 155 Å². The van der Waals surface area contributed by atoms with E-state index in [-0.39, 0.29) is 0 Å². The number of methoxy groups -OCH3 is 1. The van der Waals surface area contributed by atoms with Crippen molar-refractivity contribution in [3.63, 3.8) is 0 Å². The Morgan fingerprint density at radius 3 is 2.92 bits per heavy atom. The van der Waals surface area contributed by atoms with Crippen molar-refractivity contribution in [3.8, 4) is 17.2 Å². The van der Waals surface area contributed by atoms with Gasteiger partial charge in [-0.2, -0.15) is 0 Å². The lowest BCUT2D eigenvalue weighted by Gasteiger charge is -2.19. The quantitative estimate of drug-likeness (QED) is 0.427. The molecule has 2 aromatic heterocycles. The first-order chi connectivity index (χ1) is 12.2. The van der Waals surface area contributed by atoms with E-state index in [9.17, 15) is 0 Å². The van der Waals surface area contributed by atoms with Crippen LogP contribution in [-0.4, -0.2) is 28.3 Å². The summed E-state index contributed by atoms with van der Waals surface area (Å²) in [6, 6.07) is 11.7. The summed E-state index contributed by atoms with van der Waals surface area (Å²) in [7, 11) is 1.62. The van der Waals surface area contributed by atoms with Crippen molar-refractivity contribution in [3.05, 3.63) is 64.1 Å². The van der Waals surface area contributed by atoms with Crippen molar-refractivity contribution in [2.45, 2.75) is 13.2 Å². The molecule has 5 nitrogen and oxygen atoms in total. The van der Waals surface area contributed by atoms with Crippen LogP contribution in [0.4, 0.5) is 0 Å². The van der Waals surface area contributed by atoms with Crippen LogP contribution in [0.2, 0.25) is 0 Å². The van der Waals surface area contributed by atoms with Crippen LogP contribution in [0, 0.1) is 4.84 Å². The van der Waals surface area contributed by atoms with Crippen molar-refractivity contribution < 1.29 is 9.15 Å². The van der Waals surface area contributed by atoms with Crippen molar-refractivity contribution in [1.82, 2.24) is 14.7 Å². The molecule has 0 aliphatic rings. The second-order valence-electron chi connectivity index (χ2n) is 5.39. The minimum atomic E-state index is 0.334. The van der Waals surface area contributed by atoms with Gasteiger partial charge in [0.05, 0.1) is 19.3 Å². The molecule has 0 amide bonds. The third kappa shape index (κ3) is 4.25. The Hall–Kier alpha value is -2.22. The van der Waals surface area contributed by atoms with Gasteiger partial charge >= 0.3 is 0 Å². The number of rotatable bonds is 8. The molecule has 0 radical (unpaired) electrons. The molecule has 7 heteroatoms. The fourth-order valence-electron chi connectivity index (χ4n) is 2.49. The number of para-hydroxylation sites is 1. The summed E-state index contributed by atoms with van der Waals surface area (Å²) in [5.41, 5.74) is 0.781. The highest BCUT2D eigenvalue weighted by Crippen LogP contribution is 2.28. The standard InChI is InChI=1S/C18H19N3O2S2/c1-3-10-20(12-14-7-6-11-25-14)13-21-18(24)23-17(19-21)15-8-4-5-9-16(15)22-2/h3-9,11H,1,10,12-13H2,2H3. The van der Waals surface area contributed by atoms with E-state index in [1.807, 2.05) is 36.4 Å². The van der Waals surface area contributed by atoms with Crippen LogP contribution >= 0.6 is 23.6 Å². The van der Waals surface area contributed by atoms with Crippen LogP contribution in [0.15, 0.2) is 58.9 Å². The largest absolute Gasteiger partial charge is 0.496 e. The Kier molecular flexibility index (Phi) is 5.80. The fourth-order valence-corrected chi connectivity index (χ4v) is 3.42. The molecule has 25 heavy (non-hydrogen) atoms. The number of hydrogen-bond donors (Lipinski definition) is 0. The molecule has 0 aliphatic carbocycles. The lowest BCUT2D eigenvalue weighted by atomic mass is 10.2. The summed E-state index contributed by atoms with van der Waals surface area (Å²) in [5.74, 6) is 1.16. The lowest BCUT2D eigenvalue weighted by Crippen LogP contribution is -2.26. The third-order valence-corrected chi connectivity index (χ3v) is 4.78. The zero-order valence-electron chi connectivity index (χ0n) is 13.9. The highest BCUT2D eigenvalue weighted by atomic mass is 32.1.